The van der Waals surface area contributed by atoms with Crippen LogP contribution in [0, 0.1) is 18.3 Å². The number of carbonyl (C=O) groups is 1. The summed E-state index contributed by atoms with van der Waals surface area (Å²) < 4.78 is 7.41. The van der Waals surface area contributed by atoms with Gasteiger partial charge in [-0.1, -0.05) is 18.2 Å². The third-order valence-electron chi connectivity index (χ3n) is 6.99. The van der Waals surface area contributed by atoms with Gasteiger partial charge in [-0.15, -0.1) is 0 Å². The molecule has 1 fully saturated rings. The van der Waals surface area contributed by atoms with Crippen LogP contribution in [0.15, 0.2) is 71.7 Å². The first-order valence-corrected chi connectivity index (χ1v) is 12.6. The highest BCUT2D eigenvalue weighted by molar-refractivity contribution is 5.87. The third kappa shape index (κ3) is 4.66. The van der Waals surface area contributed by atoms with Crippen LogP contribution in [0.5, 0.6) is 5.75 Å². The van der Waals surface area contributed by atoms with Crippen molar-refractivity contribution in [2.45, 2.75) is 13.3 Å². The number of nitrogens with zero attached hydrogens (tertiary/aromatic N) is 7. The number of aryl methyl sites for hydroxylation is 1. The Hall–Kier alpha value is -5.17. The molecular weight excluding hydrogens is 494 g/mol. The van der Waals surface area contributed by atoms with Crippen molar-refractivity contribution >= 4 is 17.2 Å². The van der Waals surface area contributed by atoms with Gasteiger partial charge in [0.2, 0.25) is 5.91 Å². The SMILES string of the molecule is Cc1ncc(-c2cc(-c3ccc(N4CCN(C(=O)Cc5ccccc5O)CC4)nc3)c3c(C#N)cnn3c2)o1. The summed E-state index contributed by atoms with van der Waals surface area (Å²) in [4.78, 5) is 25.7. The number of carbonyl (C=O) groups excluding carboxylic acids is 1. The van der Waals surface area contributed by atoms with E-state index >= 15 is 0 Å². The van der Waals surface area contributed by atoms with Crippen LogP contribution in [0.1, 0.15) is 17.0 Å². The zero-order valence-corrected chi connectivity index (χ0v) is 21.3. The fourth-order valence-corrected chi connectivity index (χ4v) is 4.91. The molecular formula is C29H25N7O3. The van der Waals surface area contributed by atoms with E-state index in [1.165, 1.54) is 0 Å². The molecule has 0 bridgehead atoms. The molecule has 4 aromatic heterocycles. The summed E-state index contributed by atoms with van der Waals surface area (Å²) in [5.41, 5.74) is 4.25. The molecule has 10 nitrogen and oxygen atoms in total. The number of rotatable bonds is 5. The van der Waals surface area contributed by atoms with Gasteiger partial charge in [0.25, 0.3) is 0 Å². The first-order chi connectivity index (χ1) is 19.0. The van der Waals surface area contributed by atoms with E-state index < -0.39 is 0 Å². The van der Waals surface area contributed by atoms with Crippen LogP contribution < -0.4 is 4.90 Å². The molecule has 5 aromatic rings. The lowest BCUT2D eigenvalue weighted by Gasteiger charge is -2.35. The van der Waals surface area contributed by atoms with Crippen molar-refractivity contribution in [3.63, 3.8) is 0 Å². The van der Waals surface area contributed by atoms with Crippen LogP contribution in [0.2, 0.25) is 0 Å². The van der Waals surface area contributed by atoms with Gasteiger partial charge in [0.05, 0.1) is 29.9 Å². The lowest BCUT2D eigenvalue weighted by Crippen LogP contribution is -2.49. The molecule has 1 saturated heterocycles. The van der Waals surface area contributed by atoms with Gasteiger partial charge < -0.3 is 19.3 Å². The molecule has 1 aliphatic heterocycles. The number of pyridine rings is 2. The molecule has 5 heterocycles. The van der Waals surface area contributed by atoms with E-state index in [2.05, 4.69) is 21.1 Å². The quantitative estimate of drug-likeness (QED) is 0.372. The number of phenols is 1. The van der Waals surface area contributed by atoms with Crippen LogP contribution >= 0.6 is 0 Å². The van der Waals surface area contributed by atoms with Crippen molar-refractivity contribution in [3.8, 4) is 34.3 Å². The molecule has 1 aliphatic rings. The van der Waals surface area contributed by atoms with E-state index in [1.807, 2.05) is 35.4 Å². The lowest BCUT2D eigenvalue weighted by molar-refractivity contribution is -0.130. The number of para-hydroxylation sites is 1. The summed E-state index contributed by atoms with van der Waals surface area (Å²) in [5, 5.41) is 24.0. The van der Waals surface area contributed by atoms with Gasteiger partial charge in [-0.2, -0.15) is 10.4 Å². The normalized spacial score (nSPS) is 13.5. The molecule has 0 aliphatic carbocycles. The number of amides is 1. The van der Waals surface area contributed by atoms with E-state index in [9.17, 15) is 15.2 Å². The first-order valence-electron chi connectivity index (χ1n) is 12.6. The van der Waals surface area contributed by atoms with E-state index in [0.717, 1.165) is 22.5 Å². The first kappa shape index (κ1) is 24.2. The summed E-state index contributed by atoms with van der Waals surface area (Å²) in [7, 11) is 0. The average Bonchev–Trinajstić information content (AvgIpc) is 3.60. The Labute approximate surface area is 224 Å². The highest BCUT2D eigenvalue weighted by Crippen LogP contribution is 2.32. The van der Waals surface area contributed by atoms with Crippen LogP contribution in [-0.2, 0) is 11.2 Å². The number of piperazine rings is 1. The minimum atomic E-state index is -0.000545. The summed E-state index contributed by atoms with van der Waals surface area (Å²) >= 11 is 0. The van der Waals surface area contributed by atoms with Gasteiger partial charge in [0.1, 0.15) is 17.6 Å². The number of benzene rings is 1. The fraction of sp³-hybridized carbons (Fsp3) is 0.207. The molecule has 39 heavy (non-hydrogen) atoms. The van der Waals surface area contributed by atoms with E-state index in [-0.39, 0.29) is 18.1 Å². The molecule has 0 atom stereocenters. The average molecular weight is 520 g/mol. The Morgan fingerprint density at radius 2 is 1.87 bits per heavy atom. The lowest BCUT2D eigenvalue weighted by atomic mass is 10.0. The maximum atomic E-state index is 12.8. The number of hydrogen-bond donors (Lipinski definition) is 1. The van der Waals surface area contributed by atoms with Crippen molar-refractivity contribution in [2.24, 2.45) is 0 Å². The number of oxazole rings is 1. The van der Waals surface area contributed by atoms with Crippen molar-refractivity contribution in [2.75, 3.05) is 31.1 Å². The number of aromatic hydroxyl groups is 1. The molecule has 1 amide bonds. The predicted molar refractivity (Wildman–Crippen MR) is 144 cm³/mol. The Bertz CT molecular complexity index is 1710. The van der Waals surface area contributed by atoms with E-state index in [0.29, 0.717) is 54.5 Å². The standard InChI is InChI=1S/C29H25N7O3/c1-19-31-17-26(39-19)22-12-24(29-23(14-30)16-33-36(29)18-22)21-6-7-27(32-15-21)34-8-10-35(11-9-34)28(38)13-20-4-2-3-5-25(20)37/h2-7,12,15-18,37H,8-11,13H2,1H3. The summed E-state index contributed by atoms with van der Waals surface area (Å²) in [6, 6.07) is 15.1. The Morgan fingerprint density at radius 1 is 1.05 bits per heavy atom. The van der Waals surface area contributed by atoms with Crippen molar-refractivity contribution < 1.29 is 14.3 Å². The summed E-state index contributed by atoms with van der Waals surface area (Å²) in [6.45, 7) is 4.26. The second-order valence-corrected chi connectivity index (χ2v) is 9.43. The molecule has 0 radical (unpaired) electrons. The van der Waals surface area contributed by atoms with Gasteiger partial charge in [-0.3, -0.25) is 4.79 Å². The third-order valence-corrected chi connectivity index (χ3v) is 6.99. The number of hydrogen-bond acceptors (Lipinski definition) is 8. The maximum absolute atomic E-state index is 12.8. The molecule has 0 unspecified atom stereocenters. The number of nitriles is 1. The topological polar surface area (TPSA) is 124 Å². The Morgan fingerprint density at radius 3 is 2.56 bits per heavy atom. The summed E-state index contributed by atoms with van der Waals surface area (Å²) in [5.74, 6) is 2.14. The van der Waals surface area contributed by atoms with Gasteiger partial charge in [0, 0.05) is 67.8 Å². The monoisotopic (exact) mass is 519 g/mol. The van der Waals surface area contributed by atoms with E-state index in [1.54, 1.807) is 48.2 Å². The zero-order valence-electron chi connectivity index (χ0n) is 21.3. The van der Waals surface area contributed by atoms with Crippen LogP contribution in [0.25, 0.3) is 28.0 Å². The van der Waals surface area contributed by atoms with Gasteiger partial charge in [-0.25, -0.2) is 14.5 Å². The summed E-state index contributed by atoms with van der Waals surface area (Å²) in [6.07, 6.45) is 7.02. The highest BCUT2D eigenvalue weighted by atomic mass is 16.4. The maximum Gasteiger partial charge on any atom is 0.227 e. The number of phenolic OH excluding ortho intramolecular Hbond substituents is 1. The van der Waals surface area contributed by atoms with Crippen molar-refractivity contribution in [1.29, 1.82) is 5.26 Å². The molecule has 1 aromatic carbocycles. The van der Waals surface area contributed by atoms with Crippen LogP contribution in [0.4, 0.5) is 5.82 Å². The molecule has 1 N–H and O–H groups in total. The van der Waals surface area contributed by atoms with Crippen molar-refractivity contribution in [1.82, 2.24) is 24.5 Å². The van der Waals surface area contributed by atoms with Gasteiger partial charge in [-0.05, 0) is 24.3 Å². The van der Waals surface area contributed by atoms with E-state index in [4.69, 9.17) is 9.40 Å². The number of anilines is 1. The van der Waals surface area contributed by atoms with Gasteiger partial charge >= 0.3 is 0 Å². The van der Waals surface area contributed by atoms with Crippen molar-refractivity contribution in [3.05, 3.63) is 84.3 Å². The zero-order chi connectivity index (χ0) is 26.9. The van der Waals surface area contributed by atoms with Crippen LogP contribution in [-0.4, -0.2) is 61.7 Å². The highest BCUT2D eigenvalue weighted by Gasteiger charge is 2.23. The number of fused-ring (bicyclic) bond motifs is 1. The minimum absolute atomic E-state index is 0.000545. The minimum Gasteiger partial charge on any atom is -0.508 e. The molecule has 10 heteroatoms. The predicted octanol–water partition coefficient (Wildman–Crippen LogP) is 3.83. The Kier molecular flexibility index (Phi) is 6.17. The fourth-order valence-electron chi connectivity index (χ4n) is 4.91. The smallest absolute Gasteiger partial charge is 0.227 e. The Balaban J connectivity index is 1.21. The van der Waals surface area contributed by atoms with Crippen LogP contribution in [0.3, 0.4) is 0 Å². The molecule has 6 rings (SSSR count). The molecule has 0 saturated carbocycles. The second-order valence-electron chi connectivity index (χ2n) is 9.43. The van der Waals surface area contributed by atoms with Gasteiger partial charge in [0.15, 0.2) is 11.7 Å². The molecule has 194 valence electrons. The second kappa shape index (κ2) is 9.95. The number of aromatic nitrogens is 4. The molecule has 0 spiro atoms. The largest absolute Gasteiger partial charge is 0.508 e.